The standard InChI is InChI=1S/C16H26O/c1-6-9-10-15-14(8-3)13(7-2)11(4)12(5)16(15)17/h17H,6-10H2,1-5H3. The Morgan fingerprint density at radius 2 is 1.41 bits per heavy atom. The van der Waals surface area contributed by atoms with Crippen LogP contribution in [-0.4, -0.2) is 5.11 Å². The molecule has 0 aliphatic heterocycles. The minimum absolute atomic E-state index is 0.546. The maximum absolute atomic E-state index is 10.3. The molecule has 0 amide bonds. The van der Waals surface area contributed by atoms with Gasteiger partial charge in [0.15, 0.2) is 0 Å². The van der Waals surface area contributed by atoms with Gasteiger partial charge in [-0.05, 0) is 67.3 Å². The van der Waals surface area contributed by atoms with E-state index in [1.807, 2.05) is 6.92 Å². The molecule has 0 saturated heterocycles. The molecule has 0 aliphatic rings. The van der Waals surface area contributed by atoms with Crippen molar-refractivity contribution in [3.63, 3.8) is 0 Å². The van der Waals surface area contributed by atoms with E-state index in [0.717, 1.165) is 31.2 Å². The largest absolute Gasteiger partial charge is 0.507 e. The molecule has 1 aromatic rings. The van der Waals surface area contributed by atoms with Crippen molar-refractivity contribution in [2.45, 2.75) is 66.7 Å². The smallest absolute Gasteiger partial charge is 0.122 e. The van der Waals surface area contributed by atoms with Crippen LogP contribution in [0.5, 0.6) is 5.75 Å². The number of phenols is 1. The van der Waals surface area contributed by atoms with Crippen molar-refractivity contribution in [2.24, 2.45) is 0 Å². The molecule has 0 atom stereocenters. The average molecular weight is 234 g/mol. The number of benzene rings is 1. The van der Waals surface area contributed by atoms with Crippen LogP contribution >= 0.6 is 0 Å². The predicted octanol–water partition coefficient (Wildman–Crippen LogP) is 4.48. The molecule has 0 bridgehead atoms. The molecule has 1 nitrogen and oxygen atoms in total. The van der Waals surface area contributed by atoms with Gasteiger partial charge >= 0.3 is 0 Å². The molecule has 0 aromatic heterocycles. The molecule has 96 valence electrons. The number of hydrogen-bond donors (Lipinski definition) is 1. The minimum atomic E-state index is 0.546. The van der Waals surface area contributed by atoms with Gasteiger partial charge < -0.3 is 5.11 Å². The first kappa shape index (κ1) is 14.1. The maximum atomic E-state index is 10.3. The highest BCUT2D eigenvalue weighted by molar-refractivity contribution is 5.54. The first-order chi connectivity index (χ1) is 8.08. The normalized spacial score (nSPS) is 10.9. The summed E-state index contributed by atoms with van der Waals surface area (Å²) in [5.41, 5.74) is 6.40. The van der Waals surface area contributed by atoms with Crippen LogP contribution in [0.1, 0.15) is 61.4 Å². The molecule has 0 aliphatic carbocycles. The Hall–Kier alpha value is -0.980. The second kappa shape index (κ2) is 6.09. The van der Waals surface area contributed by atoms with Crippen molar-refractivity contribution >= 4 is 0 Å². The highest BCUT2D eigenvalue weighted by Gasteiger charge is 2.16. The fraction of sp³-hybridized carbons (Fsp3) is 0.625. The molecule has 0 spiro atoms. The van der Waals surface area contributed by atoms with E-state index in [2.05, 4.69) is 27.7 Å². The minimum Gasteiger partial charge on any atom is -0.507 e. The first-order valence-electron chi connectivity index (χ1n) is 6.91. The van der Waals surface area contributed by atoms with Crippen molar-refractivity contribution < 1.29 is 5.11 Å². The summed E-state index contributed by atoms with van der Waals surface area (Å²) in [5, 5.41) is 10.3. The van der Waals surface area contributed by atoms with E-state index in [9.17, 15) is 5.11 Å². The van der Waals surface area contributed by atoms with Crippen LogP contribution in [0.25, 0.3) is 0 Å². The van der Waals surface area contributed by atoms with E-state index in [1.165, 1.54) is 28.7 Å². The summed E-state index contributed by atoms with van der Waals surface area (Å²) in [4.78, 5) is 0. The van der Waals surface area contributed by atoms with Gasteiger partial charge in [-0.1, -0.05) is 27.2 Å². The maximum Gasteiger partial charge on any atom is 0.122 e. The highest BCUT2D eigenvalue weighted by Crippen LogP contribution is 2.34. The van der Waals surface area contributed by atoms with Gasteiger partial charge in [0.1, 0.15) is 5.75 Å². The molecule has 0 unspecified atom stereocenters. The van der Waals surface area contributed by atoms with Gasteiger partial charge in [0.2, 0.25) is 0 Å². The zero-order chi connectivity index (χ0) is 13.0. The molecular weight excluding hydrogens is 208 g/mol. The summed E-state index contributed by atoms with van der Waals surface area (Å²) in [6, 6.07) is 0. The molecule has 0 radical (unpaired) electrons. The van der Waals surface area contributed by atoms with Crippen LogP contribution in [0.15, 0.2) is 0 Å². The number of rotatable bonds is 5. The van der Waals surface area contributed by atoms with Gasteiger partial charge in [-0.3, -0.25) is 0 Å². The van der Waals surface area contributed by atoms with Crippen molar-refractivity contribution in [1.29, 1.82) is 0 Å². The monoisotopic (exact) mass is 234 g/mol. The van der Waals surface area contributed by atoms with Gasteiger partial charge in [0.05, 0.1) is 0 Å². The molecule has 0 saturated carbocycles. The van der Waals surface area contributed by atoms with Crippen LogP contribution in [0, 0.1) is 13.8 Å². The molecule has 1 heteroatoms. The zero-order valence-electron chi connectivity index (χ0n) is 12.0. The van der Waals surface area contributed by atoms with Crippen LogP contribution in [0.2, 0.25) is 0 Å². The Morgan fingerprint density at radius 3 is 1.88 bits per heavy atom. The molecule has 1 aromatic carbocycles. The van der Waals surface area contributed by atoms with E-state index in [1.54, 1.807) is 0 Å². The molecule has 0 heterocycles. The van der Waals surface area contributed by atoms with Gasteiger partial charge in [0.25, 0.3) is 0 Å². The molecule has 17 heavy (non-hydrogen) atoms. The Kier molecular flexibility index (Phi) is 5.04. The molecule has 1 rings (SSSR count). The Labute approximate surface area is 106 Å². The number of hydrogen-bond acceptors (Lipinski definition) is 1. The van der Waals surface area contributed by atoms with Gasteiger partial charge in [0, 0.05) is 0 Å². The third-order valence-electron chi connectivity index (χ3n) is 3.87. The Balaban J connectivity index is 3.39. The summed E-state index contributed by atoms with van der Waals surface area (Å²) in [6.45, 7) is 10.8. The number of phenolic OH excluding ortho intramolecular Hbond substituents is 1. The van der Waals surface area contributed by atoms with Crippen molar-refractivity contribution in [3.8, 4) is 5.75 Å². The van der Waals surface area contributed by atoms with Crippen molar-refractivity contribution in [2.75, 3.05) is 0 Å². The predicted molar refractivity (Wildman–Crippen MR) is 74.9 cm³/mol. The summed E-state index contributed by atoms with van der Waals surface area (Å²) < 4.78 is 0. The molecule has 1 N–H and O–H groups in total. The number of aromatic hydroxyl groups is 1. The second-order valence-electron chi connectivity index (χ2n) is 4.84. The van der Waals surface area contributed by atoms with Crippen molar-refractivity contribution in [3.05, 3.63) is 27.8 Å². The summed E-state index contributed by atoms with van der Waals surface area (Å²) >= 11 is 0. The van der Waals surface area contributed by atoms with E-state index < -0.39 is 0 Å². The third-order valence-corrected chi connectivity index (χ3v) is 3.87. The zero-order valence-corrected chi connectivity index (χ0v) is 12.0. The lowest BCUT2D eigenvalue weighted by molar-refractivity contribution is 0.460. The topological polar surface area (TPSA) is 20.2 Å². The van der Waals surface area contributed by atoms with Crippen LogP contribution in [0.3, 0.4) is 0 Å². The highest BCUT2D eigenvalue weighted by atomic mass is 16.3. The average Bonchev–Trinajstić information content (AvgIpc) is 2.34. The SMILES string of the molecule is CCCCc1c(O)c(C)c(C)c(CC)c1CC. The van der Waals surface area contributed by atoms with E-state index in [0.29, 0.717) is 5.75 Å². The van der Waals surface area contributed by atoms with E-state index in [4.69, 9.17) is 0 Å². The van der Waals surface area contributed by atoms with Gasteiger partial charge in [-0.25, -0.2) is 0 Å². The second-order valence-corrected chi connectivity index (χ2v) is 4.84. The third kappa shape index (κ3) is 2.65. The Morgan fingerprint density at radius 1 is 0.824 bits per heavy atom. The quantitative estimate of drug-likeness (QED) is 0.796. The molecular formula is C16H26O. The lowest BCUT2D eigenvalue weighted by Gasteiger charge is -2.20. The Bertz CT molecular complexity index is 391. The summed E-state index contributed by atoms with van der Waals surface area (Å²) in [6.07, 6.45) is 5.44. The van der Waals surface area contributed by atoms with E-state index in [-0.39, 0.29) is 0 Å². The lowest BCUT2D eigenvalue weighted by atomic mass is 9.87. The first-order valence-corrected chi connectivity index (χ1v) is 6.91. The molecule has 0 fully saturated rings. The lowest BCUT2D eigenvalue weighted by Crippen LogP contribution is -2.04. The van der Waals surface area contributed by atoms with Crippen molar-refractivity contribution in [1.82, 2.24) is 0 Å². The van der Waals surface area contributed by atoms with Crippen LogP contribution in [-0.2, 0) is 19.3 Å². The van der Waals surface area contributed by atoms with Crippen LogP contribution < -0.4 is 0 Å². The van der Waals surface area contributed by atoms with E-state index >= 15 is 0 Å². The fourth-order valence-electron chi connectivity index (χ4n) is 2.71. The van der Waals surface area contributed by atoms with Gasteiger partial charge in [-0.15, -0.1) is 0 Å². The van der Waals surface area contributed by atoms with Gasteiger partial charge in [-0.2, -0.15) is 0 Å². The summed E-state index contributed by atoms with van der Waals surface area (Å²) in [7, 11) is 0. The fourth-order valence-corrected chi connectivity index (χ4v) is 2.71. The van der Waals surface area contributed by atoms with Crippen LogP contribution in [0.4, 0.5) is 0 Å². The number of unbranched alkanes of at least 4 members (excludes halogenated alkanes) is 1. The summed E-state index contributed by atoms with van der Waals surface area (Å²) in [5.74, 6) is 0.546.